The first-order chi connectivity index (χ1) is 12.2. The fourth-order valence-electron chi connectivity index (χ4n) is 2.62. The third-order valence-corrected chi connectivity index (χ3v) is 5.41. The molecule has 0 aliphatic heterocycles. The Balaban J connectivity index is 2.20. The van der Waals surface area contributed by atoms with E-state index in [1.807, 2.05) is 0 Å². The fourth-order valence-corrected chi connectivity index (χ4v) is 3.63. The molecule has 0 aromatic heterocycles. The van der Waals surface area contributed by atoms with E-state index in [1.165, 1.54) is 24.3 Å². The second-order valence-corrected chi connectivity index (χ2v) is 8.17. The first kappa shape index (κ1) is 18.2. The molecule has 0 aliphatic rings. The zero-order valence-corrected chi connectivity index (χ0v) is 14.8. The molecule has 0 spiro atoms. The van der Waals surface area contributed by atoms with Crippen LogP contribution in [0.4, 0.5) is 7.77 Å². The Morgan fingerprint density at radius 1 is 0.538 bits per heavy atom. The number of rotatable bonds is 4. The van der Waals surface area contributed by atoms with Crippen molar-refractivity contribution < 1.29 is 24.6 Å². The molecule has 26 heavy (non-hydrogen) atoms. The highest BCUT2D eigenvalue weighted by atomic mass is 32.3. The molecule has 0 fully saturated rings. The van der Waals surface area contributed by atoms with Crippen molar-refractivity contribution >= 4 is 20.4 Å². The molecule has 0 bridgehead atoms. The monoisotopic (exact) mass is 394 g/mol. The van der Waals surface area contributed by atoms with Crippen molar-refractivity contribution in [3.63, 3.8) is 0 Å². The number of hydrogen-bond acceptors (Lipinski definition) is 4. The van der Waals surface area contributed by atoms with E-state index in [9.17, 15) is 24.6 Å². The summed E-state index contributed by atoms with van der Waals surface area (Å²) in [7, 11) is -9.73. The molecule has 134 valence electrons. The van der Waals surface area contributed by atoms with Gasteiger partial charge in [0.25, 0.3) is 0 Å². The minimum atomic E-state index is -4.87. The number of benzene rings is 3. The Bertz CT molecular complexity index is 1090. The first-order valence-electron chi connectivity index (χ1n) is 7.35. The lowest BCUT2D eigenvalue weighted by Gasteiger charge is -2.11. The highest BCUT2D eigenvalue weighted by Crippen LogP contribution is 2.34. The van der Waals surface area contributed by atoms with Gasteiger partial charge < -0.3 is 0 Å². The van der Waals surface area contributed by atoms with Gasteiger partial charge in [-0.1, -0.05) is 48.5 Å². The smallest absolute Gasteiger partial charge is 0.189 e. The van der Waals surface area contributed by atoms with Gasteiger partial charge in [0.1, 0.15) is 0 Å². The van der Waals surface area contributed by atoms with Crippen LogP contribution in [0.5, 0.6) is 0 Å². The van der Waals surface area contributed by atoms with E-state index in [1.54, 1.807) is 36.4 Å². The van der Waals surface area contributed by atoms with E-state index >= 15 is 0 Å². The van der Waals surface area contributed by atoms with Gasteiger partial charge in [-0.2, -0.15) is 16.8 Å². The van der Waals surface area contributed by atoms with E-state index in [2.05, 4.69) is 0 Å². The third kappa shape index (κ3) is 3.81. The van der Waals surface area contributed by atoms with Gasteiger partial charge in [-0.25, -0.2) is 0 Å². The molecule has 0 unspecified atom stereocenters. The molecule has 3 rings (SSSR count). The van der Waals surface area contributed by atoms with Crippen LogP contribution in [0.3, 0.4) is 0 Å². The topological polar surface area (TPSA) is 68.3 Å². The minimum Gasteiger partial charge on any atom is -0.189 e. The van der Waals surface area contributed by atoms with E-state index in [0.29, 0.717) is 22.3 Å². The predicted molar refractivity (Wildman–Crippen MR) is 93.9 cm³/mol. The summed E-state index contributed by atoms with van der Waals surface area (Å²) in [5.41, 5.74) is 1.94. The van der Waals surface area contributed by atoms with Gasteiger partial charge in [0.2, 0.25) is 0 Å². The highest BCUT2D eigenvalue weighted by molar-refractivity contribution is 7.86. The summed E-state index contributed by atoms with van der Waals surface area (Å²) in [5, 5.41) is 0. The normalized spacial score (nSPS) is 12.1. The predicted octanol–water partition coefficient (Wildman–Crippen LogP) is 4.34. The van der Waals surface area contributed by atoms with Gasteiger partial charge in [0, 0.05) is 0 Å². The molecule has 0 amide bonds. The quantitative estimate of drug-likeness (QED) is 0.618. The summed E-state index contributed by atoms with van der Waals surface area (Å²) in [4.78, 5) is -0.963. The molecule has 0 heterocycles. The van der Waals surface area contributed by atoms with Crippen LogP contribution in [0.25, 0.3) is 22.3 Å². The van der Waals surface area contributed by atoms with Crippen molar-refractivity contribution in [2.24, 2.45) is 0 Å². The van der Waals surface area contributed by atoms with Crippen LogP contribution >= 0.6 is 0 Å². The van der Waals surface area contributed by atoms with Crippen LogP contribution in [0.1, 0.15) is 0 Å². The second-order valence-electron chi connectivity index (χ2n) is 5.48. The van der Waals surface area contributed by atoms with Crippen LogP contribution < -0.4 is 0 Å². The molecule has 8 heteroatoms. The molecular formula is C18H12F2O4S2. The average molecular weight is 394 g/mol. The Morgan fingerprint density at radius 2 is 0.923 bits per heavy atom. The Hall–Kier alpha value is -2.58. The van der Waals surface area contributed by atoms with Gasteiger partial charge in [0.05, 0.1) is 9.79 Å². The Morgan fingerprint density at radius 3 is 1.27 bits per heavy atom. The maximum atomic E-state index is 13.3. The molecule has 0 aliphatic carbocycles. The van der Waals surface area contributed by atoms with E-state index < -0.39 is 30.2 Å². The lowest BCUT2D eigenvalue weighted by atomic mass is 9.95. The van der Waals surface area contributed by atoms with Gasteiger partial charge in [-0.3, -0.25) is 0 Å². The highest BCUT2D eigenvalue weighted by Gasteiger charge is 2.16. The SMILES string of the molecule is O=S(=O)(F)c1cccc(-c2ccccc2-c2cccc(S(=O)(=O)F)c2)c1. The lowest BCUT2D eigenvalue weighted by Crippen LogP contribution is -1.94. The summed E-state index contributed by atoms with van der Waals surface area (Å²) in [5.74, 6) is 0. The molecule has 4 nitrogen and oxygen atoms in total. The summed E-state index contributed by atoms with van der Waals surface area (Å²) in [6, 6.07) is 17.4. The van der Waals surface area contributed by atoms with Crippen LogP contribution in [0, 0.1) is 0 Å². The van der Waals surface area contributed by atoms with E-state index in [-0.39, 0.29) is 0 Å². The molecule has 0 saturated carbocycles. The van der Waals surface area contributed by atoms with E-state index in [4.69, 9.17) is 0 Å². The van der Waals surface area contributed by atoms with Crippen molar-refractivity contribution in [2.45, 2.75) is 9.79 Å². The van der Waals surface area contributed by atoms with Crippen LogP contribution in [0.2, 0.25) is 0 Å². The van der Waals surface area contributed by atoms with Gasteiger partial charge in [-0.05, 0) is 46.5 Å². The maximum Gasteiger partial charge on any atom is 0.332 e. The lowest BCUT2D eigenvalue weighted by molar-refractivity contribution is 0.550. The van der Waals surface area contributed by atoms with Gasteiger partial charge >= 0.3 is 20.4 Å². The zero-order valence-electron chi connectivity index (χ0n) is 13.1. The zero-order chi connectivity index (χ0) is 18.9. The molecule has 0 atom stereocenters. The molecule has 3 aromatic carbocycles. The van der Waals surface area contributed by atoms with Gasteiger partial charge in [0.15, 0.2) is 0 Å². The van der Waals surface area contributed by atoms with Crippen LogP contribution in [0.15, 0.2) is 82.6 Å². The van der Waals surface area contributed by atoms with E-state index in [0.717, 1.165) is 12.1 Å². The Labute approximate surface area is 150 Å². The average Bonchev–Trinajstić information content (AvgIpc) is 2.60. The van der Waals surface area contributed by atoms with Crippen molar-refractivity contribution in [2.75, 3.05) is 0 Å². The largest absolute Gasteiger partial charge is 0.332 e. The number of hydrogen-bond donors (Lipinski definition) is 0. The summed E-state index contributed by atoms with van der Waals surface area (Å²) < 4.78 is 71.2. The molecule has 3 aromatic rings. The third-order valence-electron chi connectivity index (χ3n) is 3.78. The first-order valence-corrected chi connectivity index (χ1v) is 10.1. The van der Waals surface area contributed by atoms with Crippen molar-refractivity contribution in [3.05, 3.63) is 72.8 Å². The molecule has 0 saturated heterocycles. The van der Waals surface area contributed by atoms with Crippen LogP contribution in [-0.2, 0) is 20.4 Å². The fraction of sp³-hybridized carbons (Fsp3) is 0. The summed E-state index contributed by atoms with van der Waals surface area (Å²) in [6.45, 7) is 0. The molecular weight excluding hydrogens is 382 g/mol. The number of halogens is 2. The summed E-state index contributed by atoms with van der Waals surface area (Å²) >= 11 is 0. The van der Waals surface area contributed by atoms with Crippen LogP contribution in [-0.4, -0.2) is 16.8 Å². The van der Waals surface area contributed by atoms with Crippen molar-refractivity contribution in [1.29, 1.82) is 0 Å². The maximum absolute atomic E-state index is 13.3. The second kappa shape index (κ2) is 6.62. The minimum absolute atomic E-state index is 0.424. The summed E-state index contributed by atoms with van der Waals surface area (Å²) in [6.07, 6.45) is 0. The standard InChI is InChI=1S/C18H12F2O4S2/c19-25(21,22)15-7-3-5-13(11-15)17-9-1-2-10-18(17)14-6-4-8-16(12-14)26(20,23)24/h1-12H. The Kier molecular flexibility index (Phi) is 4.64. The van der Waals surface area contributed by atoms with Crippen molar-refractivity contribution in [1.82, 2.24) is 0 Å². The van der Waals surface area contributed by atoms with Gasteiger partial charge in [-0.15, -0.1) is 7.77 Å². The molecule has 0 radical (unpaired) electrons. The molecule has 0 N–H and O–H groups in total. The van der Waals surface area contributed by atoms with Crippen molar-refractivity contribution in [3.8, 4) is 22.3 Å².